The highest BCUT2D eigenvalue weighted by Gasteiger charge is 2.22. The number of rotatable bonds is 7. The molecule has 4 N–H and O–H groups in total. The molecule has 26 heavy (non-hydrogen) atoms. The smallest absolute Gasteiger partial charge is 0.273 e. The molecule has 1 saturated carbocycles. The molecule has 3 rings (SSSR count). The first-order chi connectivity index (χ1) is 12.4. The van der Waals surface area contributed by atoms with Gasteiger partial charge in [-0.25, -0.2) is 0 Å². The minimum Gasteiger partial charge on any atom is -0.384 e. The van der Waals surface area contributed by atoms with Gasteiger partial charge in [-0.15, -0.1) is 0 Å². The van der Waals surface area contributed by atoms with Crippen LogP contribution in [0, 0.1) is 5.92 Å². The van der Waals surface area contributed by atoms with Gasteiger partial charge in [-0.1, -0.05) is 0 Å². The Labute approximate surface area is 155 Å². The molecule has 1 heterocycles. The fourth-order valence-electron chi connectivity index (χ4n) is 2.90. The van der Waals surface area contributed by atoms with Crippen molar-refractivity contribution in [2.45, 2.75) is 24.7 Å². The number of aryl methyl sites for hydroxylation is 1. The minimum absolute atomic E-state index is 0.0993. The minimum atomic E-state index is -2.81. The van der Waals surface area contributed by atoms with E-state index < -0.39 is 10.6 Å². The van der Waals surface area contributed by atoms with Gasteiger partial charge in [0.05, 0.1) is 4.90 Å². The summed E-state index contributed by atoms with van der Waals surface area (Å²) in [5.74, 6) is 0.989. The highest BCUT2D eigenvalue weighted by molar-refractivity contribution is 8.24. The molecule has 0 aliphatic heterocycles. The average molecular weight is 378 g/mol. The van der Waals surface area contributed by atoms with Crippen molar-refractivity contribution in [3.05, 3.63) is 40.8 Å². The van der Waals surface area contributed by atoms with Crippen LogP contribution in [0.1, 0.15) is 19.8 Å². The Hall–Kier alpha value is -1.96. The van der Waals surface area contributed by atoms with Crippen molar-refractivity contribution in [2.75, 3.05) is 30.0 Å². The molecule has 0 saturated heterocycles. The number of pyridine rings is 1. The topological polar surface area (TPSA) is 86.5 Å². The fraction of sp³-hybridized carbons (Fsp3) is 0.421. The maximum Gasteiger partial charge on any atom is 0.273 e. The molecule has 2 aromatic rings. The zero-order valence-corrected chi connectivity index (χ0v) is 16.3. The van der Waals surface area contributed by atoms with E-state index in [4.69, 9.17) is 0 Å². The molecule has 0 atom stereocenters. The third-order valence-corrected chi connectivity index (χ3v) is 6.63. The van der Waals surface area contributed by atoms with Crippen LogP contribution in [0.4, 0.5) is 11.4 Å². The van der Waals surface area contributed by atoms with E-state index in [-0.39, 0.29) is 11.3 Å². The summed E-state index contributed by atoms with van der Waals surface area (Å²) in [6.45, 7) is 2.67. The maximum atomic E-state index is 12.2. The third kappa shape index (κ3) is 3.90. The van der Waals surface area contributed by atoms with Crippen LogP contribution in [0.25, 0.3) is 11.1 Å². The van der Waals surface area contributed by atoms with Crippen molar-refractivity contribution in [3.8, 4) is 11.1 Å². The Morgan fingerprint density at radius 2 is 1.96 bits per heavy atom. The van der Waals surface area contributed by atoms with Gasteiger partial charge in [0.1, 0.15) is 5.69 Å². The van der Waals surface area contributed by atoms with E-state index in [1.54, 1.807) is 33.3 Å². The van der Waals surface area contributed by atoms with Gasteiger partial charge >= 0.3 is 0 Å². The second-order valence-electron chi connectivity index (χ2n) is 6.80. The Balaban J connectivity index is 2.10. The summed E-state index contributed by atoms with van der Waals surface area (Å²) in [5, 5.41) is 6.41. The number of hydrogen-bond donors (Lipinski definition) is 4. The molecule has 1 aliphatic rings. The standard InChI is InChI=1S/C19H27N3O3S/c1-4-26(24,25)15-7-8-17(21-11-13-5-6-13)16(10-15)14-9-18(20-2)19(23)22(3)12-14/h7-10,12-13,20-21,24-25H,4-6,11H2,1-3H3. The fourth-order valence-corrected chi connectivity index (χ4v) is 3.83. The van der Waals surface area contributed by atoms with E-state index in [1.165, 1.54) is 17.4 Å². The molecule has 1 aliphatic carbocycles. The molecule has 7 heteroatoms. The van der Waals surface area contributed by atoms with Crippen LogP contribution in [-0.2, 0) is 7.05 Å². The number of hydrogen-bond acceptors (Lipinski definition) is 5. The van der Waals surface area contributed by atoms with Gasteiger partial charge < -0.3 is 15.2 Å². The van der Waals surface area contributed by atoms with Gasteiger partial charge in [0, 0.05) is 49.4 Å². The lowest BCUT2D eigenvalue weighted by molar-refractivity contribution is 0.488. The number of aromatic nitrogens is 1. The molecule has 0 amide bonds. The molecule has 1 aromatic heterocycles. The summed E-state index contributed by atoms with van der Waals surface area (Å²) in [4.78, 5) is 12.7. The number of anilines is 2. The molecule has 0 radical (unpaired) electrons. The van der Waals surface area contributed by atoms with Crippen molar-refractivity contribution in [1.82, 2.24) is 4.57 Å². The van der Waals surface area contributed by atoms with E-state index >= 15 is 0 Å². The van der Waals surface area contributed by atoms with Crippen LogP contribution < -0.4 is 16.2 Å². The van der Waals surface area contributed by atoms with Gasteiger partial charge in [0.25, 0.3) is 5.56 Å². The molecule has 0 spiro atoms. The monoisotopic (exact) mass is 377 g/mol. The van der Waals surface area contributed by atoms with Gasteiger partial charge in [-0.2, -0.15) is 10.6 Å². The summed E-state index contributed by atoms with van der Waals surface area (Å²) in [5.41, 5.74) is 3.06. The summed E-state index contributed by atoms with van der Waals surface area (Å²) in [7, 11) is 0.625. The summed E-state index contributed by atoms with van der Waals surface area (Å²) in [6, 6.07) is 7.31. The van der Waals surface area contributed by atoms with Crippen LogP contribution in [-0.4, -0.2) is 33.0 Å². The highest BCUT2D eigenvalue weighted by atomic mass is 32.3. The number of benzene rings is 1. The van der Waals surface area contributed by atoms with Crippen molar-refractivity contribution < 1.29 is 9.11 Å². The predicted molar refractivity (Wildman–Crippen MR) is 110 cm³/mol. The second kappa shape index (κ2) is 7.34. The van der Waals surface area contributed by atoms with E-state index in [1.807, 2.05) is 18.2 Å². The van der Waals surface area contributed by atoms with Crippen LogP contribution in [0.3, 0.4) is 0 Å². The van der Waals surface area contributed by atoms with Gasteiger partial charge in [0.2, 0.25) is 0 Å². The Morgan fingerprint density at radius 3 is 2.58 bits per heavy atom. The average Bonchev–Trinajstić information content (AvgIpc) is 3.46. The van der Waals surface area contributed by atoms with Crippen molar-refractivity contribution in [3.63, 3.8) is 0 Å². The molecular formula is C19H27N3O3S. The van der Waals surface area contributed by atoms with E-state index in [2.05, 4.69) is 10.6 Å². The van der Waals surface area contributed by atoms with E-state index in [0.29, 0.717) is 16.5 Å². The van der Waals surface area contributed by atoms with Crippen LogP contribution >= 0.6 is 10.6 Å². The van der Waals surface area contributed by atoms with Crippen molar-refractivity contribution in [1.29, 1.82) is 0 Å². The zero-order valence-electron chi connectivity index (χ0n) is 15.5. The summed E-state index contributed by atoms with van der Waals surface area (Å²) < 4.78 is 22.2. The predicted octanol–water partition coefficient (Wildman–Crippen LogP) is 4.05. The summed E-state index contributed by atoms with van der Waals surface area (Å²) >= 11 is 0. The Kier molecular flexibility index (Phi) is 5.32. The van der Waals surface area contributed by atoms with Crippen LogP contribution in [0.2, 0.25) is 0 Å². The molecule has 1 fully saturated rings. The highest BCUT2D eigenvalue weighted by Crippen LogP contribution is 2.49. The first-order valence-electron chi connectivity index (χ1n) is 8.88. The zero-order chi connectivity index (χ0) is 18.9. The third-order valence-electron chi connectivity index (χ3n) is 4.81. The van der Waals surface area contributed by atoms with Crippen LogP contribution in [0.15, 0.2) is 40.2 Å². The number of nitrogens with one attached hydrogen (secondary N) is 2. The van der Waals surface area contributed by atoms with Gasteiger partial charge in [-0.3, -0.25) is 13.9 Å². The van der Waals surface area contributed by atoms with Crippen molar-refractivity contribution >= 4 is 22.0 Å². The Bertz CT molecular complexity index is 860. The molecule has 0 unspecified atom stereocenters. The first kappa shape index (κ1) is 18.8. The lowest BCUT2D eigenvalue weighted by Gasteiger charge is -2.31. The van der Waals surface area contributed by atoms with E-state index in [9.17, 15) is 13.9 Å². The second-order valence-corrected chi connectivity index (χ2v) is 9.18. The van der Waals surface area contributed by atoms with Gasteiger partial charge in [0.15, 0.2) is 0 Å². The lowest BCUT2D eigenvalue weighted by atomic mass is 10.0. The SMILES string of the molecule is CCS(O)(O)c1ccc(NCC2CC2)c(-c2cc(NC)c(=O)n(C)c2)c1. The number of nitrogens with zero attached hydrogens (tertiary/aromatic N) is 1. The lowest BCUT2D eigenvalue weighted by Crippen LogP contribution is -2.19. The molecule has 1 aromatic carbocycles. The van der Waals surface area contributed by atoms with Gasteiger partial charge in [-0.05, 0) is 49.9 Å². The molecule has 0 bridgehead atoms. The largest absolute Gasteiger partial charge is 0.384 e. The van der Waals surface area contributed by atoms with Crippen LogP contribution in [0.5, 0.6) is 0 Å². The summed E-state index contributed by atoms with van der Waals surface area (Å²) in [6.07, 6.45) is 4.28. The normalized spacial score (nSPS) is 15.0. The van der Waals surface area contributed by atoms with E-state index in [0.717, 1.165) is 23.4 Å². The molecule has 6 nitrogen and oxygen atoms in total. The van der Waals surface area contributed by atoms with Crippen molar-refractivity contribution in [2.24, 2.45) is 13.0 Å². The quantitative estimate of drug-likeness (QED) is 0.585. The molecular weight excluding hydrogens is 350 g/mol. The molecule has 142 valence electrons. The first-order valence-corrected chi connectivity index (χ1v) is 10.6. The Morgan fingerprint density at radius 1 is 1.23 bits per heavy atom. The maximum absolute atomic E-state index is 12.2.